The molecule has 0 radical (unpaired) electrons. The summed E-state index contributed by atoms with van der Waals surface area (Å²) in [5.41, 5.74) is 2.95. The highest BCUT2D eigenvalue weighted by molar-refractivity contribution is 7.20. The van der Waals surface area contributed by atoms with Crippen molar-refractivity contribution in [1.82, 2.24) is 9.55 Å². The Morgan fingerprint density at radius 2 is 1.80 bits per heavy atom. The maximum atomic E-state index is 13.1. The van der Waals surface area contributed by atoms with Gasteiger partial charge in [-0.1, -0.05) is 24.3 Å². The number of fused-ring (bicyclic) bond motifs is 1. The minimum absolute atomic E-state index is 0.0672. The first-order chi connectivity index (χ1) is 16.8. The Kier molecular flexibility index (Phi) is 7.26. The van der Waals surface area contributed by atoms with E-state index in [1.54, 1.807) is 6.92 Å². The number of aryl methyl sites for hydroxylation is 3. The second-order valence-corrected chi connectivity index (χ2v) is 9.06. The second-order valence-electron chi connectivity index (χ2n) is 8.06. The topological polar surface area (TPSA) is 99.5 Å². The molecule has 0 saturated heterocycles. The number of hydrogen-bond donors (Lipinski definition) is 1. The molecule has 0 saturated carbocycles. The first-order valence-corrected chi connectivity index (χ1v) is 11.9. The van der Waals surface area contributed by atoms with Crippen LogP contribution in [0.1, 0.15) is 26.4 Å². The van der Waals surface area contributed by atoms with Crippen LogP contribution in [0.2, 0.25) is 0 Å². The molecule has 0 aliphatic carbocycles. The highest BCUT2D eigenvalue weighted by Gasteiger charge is 2.21. The lowest BCUT2D eigenvalue weighted by Gasteiger charge is -2.09. The third-order valence-electron chi connectivity index (χ3n) is 5.54. The summed E-state index contributed by atoms with van der Waals surface area (Å²) in [7, 11) is 0. The predicted octanol–water partition coefficient (Wildman–Crippen LogP) is 4.26. The molecule has 0 unspecified atom stereocenters. The monoisotopic (exact) mass is 491 g/mol. The number of rotatable bonds is 8. The molecule has 4 aromatic rings. The number of ether oxygens (including phenoxy) is 2. The van der Waals surface area contributed by atoms with E-state index in [-0.39, 0.29) is 31.2 Å². The molecule has 0 fully saturated rings. The molecule has 8 nitrogen and oxygen atoms in total. The van der Waals surface area contributed by atoms with Gasteiger partial charge in [-0.25, -0.2) is 9.78 Å². The molecule has 2 heterocycles. The van der Waals surface area contributed by atoms with E-state index in [0.29, 0.717) is 32.1 Å². The van der Waals surface area contributed by atoms with Gasteiger partial charge in [-0.15, -0.1) is 11.3 Å². The van der Waals surface area contributed by atoms with Crippen molar-refractivity contribution in [2.75, 3.05) is 18.5 Å². The minimum atomic E-state index is -0.541. The number of amides is 1. The van der Waals surface area contributed by atoms with Gasteiger partial charge in [0.05, 0.1) is 11.7 Å². The van der Waals surface area contributed by atoms with Crippen LogP contribution in [0.4, 0.5) is 5.69 Å². The number of nitrogens with zero attached hydrogens (tertiary/aromatic N) is 2. The molecule has 2 aromatic heterocycles. The molecule has 4 rings (SSSR count). The zero-order valence-corrected chi connectivity index (χ0v) is 20.5. The number of carbonyl (C=O) groups excluding carboxylic acids is 2. The molecule has 0 aliphatic rings. The fraction of sp³-hybridized carbons (Fsp3) is 0.231. The third kappa shape index (κ3) is 5.58. The van der Waals surface area contributed by atoms with E-state index < -0.39 is 5.97 Å². The van der Waals surface area contributed by atoms with Crippen LogP contribution in [0.5, 0.6) is 5.75 Å². The molecule has 9 heteroatoms. The molecule has 0 atom stereocenters. The number of aromatic nitrogens is 2. The molecule has 0 aliphatic heterocycles. The summed E-state index contributed by atoms with van der Waals surface area (Å²) in [5, 5.41) is 3.11. The van der Waals surface area contributed by atoms with Gasteiger partial charge in [0.1, 0.15) is 35.2 Å². The molecule has 1 amide bonds. The first-order valence-electron chi connectivity index (χ1n) is 11.0. The van der Waals surface area contributed by atoms with Gasteiger partial charge in [-0.2, -0.15) is 0 Å². The number of thiophene rings is 1. The second kappa shape index (κ2) is 10.5. The number of para-hydroxylation sites is 1. The lowest BCUT2D eigenvalue weighted by atomic mass is 10.1. The third-order valence-corrected chi connectivity index (χ3v) is 6.72. The summed E-state index contributed by atoms with van der Waals surface area (Å²) in [6, 6.07) is 14.8. The van der Waals surface area contributed by atoms with Crippen molar-refractivity contribution in [2.24, 2.45) is 0 Å². The average Bonchev–Trinajstić information content (AvgIpc) is 3.18. The van der Waals surface area contributed by atoms with Gasteiger partial charge in [0.15, 0.2) is 0 Å². The van der Waals surface area contributed by atoms with Crippen LogP contribution in [0, 0.1) is 20.8 Å². The summed E-state index contributed by atoms with van der Waals surface area (Å²) < 4.78 is 12.1. The van der Waals surface area contributed by atoms with Crippen LogP contribution in [0.3, 0.4) is 0 Å². The standard InChI is InChI=1S/C26H25N3O5S/c1-16-9-10-19(13-17(16)2)28-21(30)14-29-15-27-24-22(25(29)31)18(3)23(35-24)26(32)34-12-11-33-20-7-5-4-6-8-20/h4-10,13,15H,11-12,14H2,1-3H3,(H,28,30). The van der Waals surface area contributed by atoms with Gasteiger partial charge in [-0.05, 0) is 61.7 Å². The quantitative estimate of drug-likeness (QED) is 0.292. The number of esters is 1. The van der Waals surface area contributed by atoms with Gasteiger partial charge in [0, 0.05) is 5.69 Å². The highest BCUT2D eigenvalue weighted by atomic mass is 32.1. The lowest BCUT2D eigenvalue weighted by Crippen LogP contribution is -2.28. The van der Waals surface area contributed by atoms with Crippen LogP contribution in [-0.2, 0) is 16.1 Å². The van der Waals surface area contributed by atoms with Crippen molar-refractivity contribution in [2.45, 2.75) is 27.3 Å². The number of nitrogens with one attached hydrogen (secondary N) is 1. The Morgan fingerprint density at radius 1 is 1.03 bits per heavy atom. The van der Waals surface area contributed by atoms with Crippen molar-refractivity contribution >= 4 is 39.1 Å². The van der Waals surface area contributed by atoms with Crippen LogP contribution in [0.15, 0.2) is 59.7 Å². The Labute approximate surface area is 206 Å². The van der Waals surface area contributed by atoms with Gasteiger partial charge in [0.25, 0.3) is 5.56 Å². The minimum Gasteiger partial charge on any atom is -0.490 e. The molecule has 0 bridgehead atoms. The number of carbonyl (C=O) groups is 2. The largest absolute Gasteiger partial charge is 0.490 e. The van der Waals surface area contributed by atoms with Crippen LogP contribution in [0.25, 0.3) is 10.2 Å². The Morgan fingerprint density at radius 3 is 2.54 bits per heavy atom. The van der Waals surface area contributed by atoms with Crippen molar-refractivity contribution in [3.05, 3.63) is 86.8 Å². The molecule has 1 N–H and O–H groups in total. The summed E-state index contributed by atoms with van der Waals surface area (Å²) in [4.78, 5) is 43.2. The lowest BCUT2D eigenvalue weighted by molar-refractivity contribution is -0.116. The van der Waals surface area contributed by atoms with E-state index in [1.165, 1.54) is 10.9 Å². The van der Waals surface area contributed by atoms with E-state index in [2.05, 4.69) is 10.3 Å². The van der Waals surface area contributed by atoms with Gasteiger partial charge >= 0.3 is 5.97 Å². The molecule has 180 valence electrons. The van der Waals surface area contributed by atoms with Crippen molar-refractivity contribution in [3.63, 3.8) is 0 Å². The van der Waals surface area contributed by atoms with Gasteiger partial charge < -0.3 is 14.8 Å². The smallest absolute Gasteiger partial charge is 0.348 e. The van der Waals surface area contributed by atoms with Crippen molar-refractivity contribution in [3.8, 4) is 5.75 Å². The summed E-state index contributed by atoms with van der Waals surface area (Å²) in [6.45, 7) is 5.72. The van der Waals surface area contributed by atoms with E-state index >= 15 is 0 Å². The maximum absolute atomic E-state index is 13.1. The highest BCUT2D eigenvalue weighted by Crippen LogP contribution is 2.27. The zero-order chi connectivity index (χ0) is 24.9. The Bertz CT molecular complexity index is 1440. The Hall–Kier alpha value is -3.98. The van der Waals surface area contributed by atoms with E-state index in [9.17, 15) is 14.4 Å². The average molecular weight is 492 g/mol. The summed E-state index contributed by atoms with van der Waals surface area (Å²) in [6.07, 6.45) is 1.32. The van der Waals surface area contributed by atoms with Crippen LogP contribution < -0.4 is 15.6 Å². The number of anilines is 1. The molecular formula is C26H25N3O5S. The first kappa shape index (κ1) is 24.2. The van der Waals surface area contributed by atoms with Gasteiger partial charge in [-0.3, -0.25) is 14.2 Å². The molecule has 2 aromatic carbocycles. The summed E-state index contributed by atoms with van der Waals surface area (Å²) >= 11 is 1.09. The molecule has 35 heavy (non-hydrogen) atoms. The SMILES string of the molecule is Cc1ccc(NC(=O)Cn2cnc3sc(C(=O)OCCOc4ccccc4)c(C)c3c2=O)cc1C. The van der Waals surface area contributed by atoms with E-state index in [4.69, 9.17) is 9.47 Å². The number of benzene rings is 2. The molecular weight excluding hydrogens is 466 g/mol. The predicted molar refractivity (Wildman–Crippen MR) is 135 cm³/mol. The summed E-state index contributed by atoms with van der Waals surface area (Å²) in [5.74, 6) is -0.198. The van der Waals surface area contributed by atoms with Crippen molar-refractivity contribution < 1.29 is 19.1 Å². The molecule has 0 spiro atoms. The van der Waals surface area contributed by atoms with E-state index in [1.807, 2.05) is 62.4 Å². The fourth-order valence-electron chi connectivity index (χ4n) is 3.52. The van der Waals surface area contributed by atoms with Gasteiger partial charge in [0.2, 0.25) is 5.91 Å². The number of hydrogen-bond acceptors (Lipinski definition) is 7. The normalized spacial score (nSPS) is 10.8. The van der Waals surface area contributed by atoms with Crippen LogP contribution >= 0.6 is 11.3 Å². The zero-order valence-electron chi connectivity index (χ0n) is 19.7. The maximum Gasteiger partial charge on any atom is 0.348 e. The fourth-order valence-corrected chi connectivity index (χ4v) is 4.55. The van der Waals surface area contributed by atoms with E-state index in [0.717, 1.165) is 22.5 Å². The Balaban J connectivity index is 1.43. The van der Waals surface area contributed by atoms with Crippen molar-refractivity contribution in [1.29, 1.82) is 0 Å². The van der Waals surface area contributed by atoms with Crippen LogP contribution in [-0.4, -0.2) is 34.6 Å².